The number of urea groups is 1. The van der Waals surface area contributed by atoms with E-state index in [1.807, 2.05) is 17.0 Å². The summed E-state index contributed by atoms with van der Waals surface area (Å²) in [5.41, 5.74) is 3.78. The molecular formula is C22H36N4O3. The molecule has 1 fully saturated rings. The smallest absolute Gasteiger partial charge is 0.321 e. The lowest BCUT2D eigenvalue weighted by molar-refractivity contribution is -0.129. The van der Waals surface area contributed by atoms with Crippen LogP contribution in [0.4, 0.5) is 10.5 Å². The highest BCUT2D eigenvalue weighted by Crippen LogP contribution is 2.23. The molecule has 1 saturated heterocycles. The Labute approximate surface area is 174 Å². The quantitative estimate of drug-likeness (QED) is 0.412. The molecule has 0 saturated carbocycles. The van der Waals surface area contributed by atoms with Crippen LogP contribution < -0.4 is 10.8 Å². The zero-order valence-corrected chi connectivity index (χ0v) is 17.8. The standard InChI is InChI=1S/C22H36N4O3/c1-3-25(4-2)15-12-19-8-10-20(11-9-19)23-22(28)26-16-13-18(14-17-26)6-5-7-21(27)24-29/h8-11,18,29H,3-7,12-17H2,1-2H3,(H,23,28)(H,24,27). The third-order valence-corrected chi connectivity index (χ3v) is 5.86. The van der Waals surface area contributed by atoms with Gasteiger partial charge in [0.05, 0.1) is 0 Å². The van der Waals surface area contributed by atoms with Gasteiger partial charge in [0, 0.05) is 31.7 Å². The van der Waals surface area contributed by atoms with Crippen molar-refractivity contribution in [2.24, 2.45) is 5.92 Å². The fraction of sp³-hybridized carbons (Fsp3) is 0.636. The van der Waals surface area contributed by atoms with Gasteiger partial charge in [-0.25, -0.2) is 10.3 Å². The molecule has 29 heavy (non-hydrogen) atoms. The molecule has 0 aromatic heterocycles. The first kappa shape index (κ1) is 23.2. The van der Waals surface area contributed by atoms with Gasteiger partial charge < -0.3 is 15.1 Å². The minimum atomic E-state index is -0.333. The number of hydrogen-bond donors (Lipinski definition) is 3. The van der Waals surface area contributed by atoms with E-state index in [1.54, 1.807) is 5.48 Å². The van der Waals surface area contributed by atoms with Gasteiger partial charge in [0.2, 0.25) is 5.91 Å². The van der Waals surface area contributed by atoms with Crippen molar-refractivity contribution in [3.63, 3.8) is 0 Å². The number of hydrogen-bond acceptors (Lipinski definition) is 4. The minimum absolute atomic E-state index is 0.0426. The predicted molar refractivity (Wildman–Crippen MR) is 115 cm³/mol. The van der Waals surface area contributed by atoms with Gasteiger partial charge in [0.25, 0.3) is 0 Å². The van der Waals surface area contributed by atoms with Gasteiger partial charge in [-0.05, 0) is 68.8 Å². The zero-order chi connectivity index (χ0) is 21.1. The fourth-order valence-corrected chi connectivity index (χ4v) is 3.82. The Morgan fingerprint density at radius 3 is 2.38 bits per heavy atom. The number of carbonyl (C=O) groups is 2. The van der Waals surface area contributed by atoms with E-state index in [9.17, 15) is 9.59 Å². The maximum Gasteiger partial charge on any atom is 0.321 e. The van der Waals surface area contributed by atoms with Crippen LogP contribution in [0.3, 0.4) is 0 Å². The van der Waals surface area contributed by atoms with Crippen LogP contribution in [0.15, 0.2) is 24.3 Å². The zero-order valence-electron chi connectivity index (χ0n) is 17.8. The van der Waals surface area contributed by atoms with Crippen molar-refractivity contribution < 1.29 is 14.8 Å². The lowest BCUT2D eigenvalue weighted by Gasteiger charge is -2.32. The van der Waals surface area contributed by atoms with Crippen molar-refractivity contribution in [3.8, 4) is 0 Å². The predicted octanol–water partition coefficient (Wildman–Crippen LogP) is 3.49. The molecule has 0 unspecified atom stereocenters. The number of anilines is 1. The Morgan fingerprint density at radius 1 is 1.14 bits per heavy atom. The van der Waals surface area contributed by atoms with Crippen LogP contribution in [0, 0.1) is 5.92 Å². The van der Waals surface area contributed by atoms with Crippen LogP contribution in [-0.2, 0) is 11.2 Å². The van der Waals surface area contributed by atoms with Gasteiger partial charge in [-0.15, -0.1) is 0 Å². The van der Waals surface area contributed by atoms with Crippen LogP contribution in [0.1, 0.15) is 51.5 Å². The Balaban J connectivity index is 1.70. The first-order valence-corrected chi connectivity index (χ1v) is 10.9. The fourth-order valence-electron chi connectivity index (χ4n) is 3.82. The van der Waals surface area contributed by atoms with Crippen molar-refractivity contribution in [2.45, 2.75) is 52.4 Å². The highest BCUT2D eigenvalue weighted by atomic mass is 16.5. The summed E-state index contributed by atoms with van der Waals surface area (Å²) in [5, 5.41) is 11.5. The molecule has 1 aliphatic heterocycles. The molecule has 2 rings (SSSR count). The van der Waals surface area contributed by atoms with Gasteiger partial charge in [-0.3, -0.25) is 10.0 Å². The van der Waals surface area contributed by atoms with Gasteiger partial charge in [-0.2, -0.15) is 0 Å². The van der Waals surface area contributed by atoms with E-state index in [2.05, 4.69) is 36.2 Å². The van der Waals surface area contributed by atoms with Crippen LogP contribution in [-0.4, -0.2) is 59.7 Å². The maximum absolute atomic E-state index is 12.5. The number of piperidine rings is 1. The Morgan fingerprint density at radius 2 is 1.79 bits per heavy atom. The normalized spacial score (nSPS) is 14.8. The highest BCUT2D eigenvalue weighted by molar-refractivity contribution is 5.89. The number of amides is 3. The second-order valence-corrected chi connectivity index (χ2v) is 7.76. The summed E-state index contributed by atoms with van der Waals surface area (Å²) in [4.78, 5) is 27.9. The Bertz CT molecular complexity index is 623. The number of rotatable bonds is 10. The molecule has 3 amide bonds. The average molecular weight is 405 g/mol. The van der Waals surface area contributed by atoms with Crippen LogP contribution >= 0.6 is 0 Å². The largest absolute Gasteiger partial charge is 0.325 e. The van der Waals surface area contributed by atoms with Crippen molar-refractivity contribution in [3.05, 3.63) is 29.8 Å². The summed E-state index contributed by atoms with van der Waals surface area (Å²) in [6.07, 6.45) is 5.00. The molecule has 0 radical (unpaired) electrons. The van der Waals surface area contributed by atoms with Crippen molar-refractivity contribution in [1.29, 1.82) is 0 Å². The summed E-state index contributed by atoms with van der Waals surface area (Å²) in [5.74, 6) is 0.205. The van der Waals surface area contributed by atoms with Crippen LogP contribution in [0.25, 0.3) is 0 Å². The third-order valence-electron chi connectivity index (χ3n) is 5.86. The van der Waals surface area contributed by atoms with Gasteiger partial charge in [0.15, 0.2) is 0 Å². The first-order valence-electron chi connectivity index (χ1n) is 10.9. The summed E-state index contributed by atoms with van der Waals surface area (Å²) < 4.78 is 0. The second-order valence-electron chi connectivity index (χ2n) is 7.76. The lowest BCUT2D eigenvalue weighted by Crippen LogP contribution is -2.41. The molecule has 162 valence electrons. The molecular weight excluding hydrogens is 368 g/mol. The molecule has 7 nitrogen and oxygen atoms in total. The molecule has 1 aliphatic rings. The summed E-state index contributed by atoms with van der Waals surface area (Å²) >= 11 is 0. The molecule has 3 N–H and O–H groups in total. The molecule has 0 aliphatic carbocycles. The van der Waals surface area contributed by atoms with Crippen LogP contribution in [0.2, 0.25) is 0 Å². The lowest BCUT2D eigenvalue weighted by atomic mass is 9.91. The molecule has 1 heterocycles. The van der Waals surface area contributed by atoms with E-state index in [0.717, 1.165) is 70.5 Å². The maximum atomic E-state index is 12.5. The number of carbonyl (C=O) groups excluding carboxylic acids is 2. The minimum Gasteiger partial charge on any atom is -0.325 e. The molecule has 0 atom stereocenters. The van der Waals surface area contributed by atoms with Crippen molar-refractivity contribution in [2.75, 3.05) is 38.0 Å². The summed E-state index contributed by atoms with van der Waals surface area (Å²) in [7, 11) is 0. The van der Waals surface area contributed by atoms with E-state index in [0.29, 0.717) is 12.3 Å². The summed E-state index contributed by atoms with van der Waals surface area (Å²) in [6.45, 7) is 9.04. The SMILES string of the molecule is CCN(CC)CCc1ccc(NC(=O)N2CCC(CCCC(=O)NO)CC2)cc1. The van der Waals surface area contributed by atoms with E-state index < -0.39 is 0 Å². The number of benzene rings is 1. The van der Waals surface area contributed by atoms with Crippen molar-refractivity contribution in [1.82, 2.24) is 15.3 Å². The number of likely N-dealkylation sites (N-methyl/N-ethyl adjacent to an activating group) is 1. The number of likely N-dealkylation sites (tertiary alicyclic amines) is 1. The second kappa shape index (κ2) is 12.4. The van der Waals surface area contributed by atoms with E-state index in [4.69, 9.17) is 5.21 Å². The van der Waals surface area contributed by atoms with E-state index >= 15 is 0 Å². The van der Waals surface area contributed by atoms with Crippen molar-refractivity contribution >= 4 is 17.6 Å². The summed E-state index contributed by atoms with van der Waals surface area (Å²) in [6, 6.07) is 8.10. The monoisotopic (exact) mass is 404 g/mol. The van der Waals surface area contributed by atoms with E-state index in [-0.39, 0.29) is 11.9 Å². The Hall–Kier alpha value is -2.12. The number of nitrogens with zero attached hydrogens (tertiary/aromatic N) is 2. The number of nitrogens with one attached hydrogen (secondary N) is 2. The molecule has 0 bridgehead atoms. The van der Waals surface area contributed by atoms with Crippen LogP contribution in [0.5, 0.6) is 0 Å². The molecule has 7 heteroatoms. The molecule has 1 aromatic carbocycles. The van der Waals surface area contributed by atoms with Gasteiger partial charge >= 0.3 is 6.03 Å². The van der Waals surface area contributed by atoms with Gasteiger partial charge in [0.1, 0.15) is 0 Å². The first-order chi connectivity index (χ1) is 14.0. The highest BCUT2D eigenvalue weighted by Gasteiger charge is 2.22. The van der Waals surface area contributed by atoms with Gasteiger partial charge in [-0.1, -0.05) is 26.0 Å². The topological polar surface area (TPSA) is 84.9 Å². The third kappa shape index (κ3) is 8.03. The average Bonchev–Trinajstić information content (AvgIpc) is 2.75. The van der Waals surface area contributed by atoms with E-state index in [1.165, 1.54) is 5.56 Å². The number of hydroxylamine groups is 1. The Kier molecular flexibility index (Phi) is 9.94. The molecule has 0 spiro atoms. The molecule has 1 aromatic rings.